The molecule has 4 nitrogen and oxygen atoms in total. The summed E-state index contributed by atoms with van der Waals surface area (Å²) < 4.78 is 5.43. The Hall–Kier alpha value is -0.770. The summed E-state index contributed by atoms with van der Waals surface area (Å²) in [6.07, 6.45) is 7.21. The van der Waals surface area contributed by atoms with Gasteiger partial charge in [0.1, 0.15) is 5.60 Å². The molecule has 0 bridgehead atoms. The highest BCUT2D eigenvalue weighted by Gasteiger charge is 2.43. The van der Waals surface area contributed by atoms with Crippen LogP contribution in [0.5, 0.6) is 0 Å². The van der Waals surface area contributed by atoms with Crippen LogP contribution in [0.25, 0.3) is 0 Å². The summed E-state index contributed by atoms with van der Waals surface area (Å²) in [6, 6.07) is 0.106. The van der Waals surface area contributed by atoms with E-state index in [-0.39, 0.29) is 17.6 Å². The van der Waals surface area contributed by atoms with Crippen LogP contribution in [0.15, 0.2) is 0 Å². The Morgan fingerprint density at radius 3 is 2.37 bits per heavy atom. The van der Waals surface area contributed by atoms with Crippen LogP contribution < -0.4 is 5.73 Å². The Kier molecular flexibility index (Phi) is 4.09. The van der Waals surface area contributed by atoms with Crippen LogP contribution in [0.2, 0.25) is 0 Å². The number of rotatable bonds is 0. The van der Waals surface area contributed by atoms with E-state index >= 15 is 0 Å². The minimum atomic E-state index is -0.429. The number of piperidine rings is 1. The lowest BCUT2D eigenvalue weighted by molar-refractivity contribution is -0.00283. The van der Waals surface area contributed by atoms with Gasteiger partial charge >= 0.3 is 6.09 Å². The second-order valence-corrected chi connectivity index (χ2v) is 7.21. The fourth-order valence-corrected chi connectivity index (χ4v) is 3.43. The highest BCUT2D eigenvalue weighted by Crippen LogP contribution is 2.44. The normalized spacial score (nSPS) is 27.4. The number of likely N-dealkylation sites (tertiary alicyclic amines) is 1. The Bertz CT molecular complexity index is 330. The maximum atomic E-state index is 12.1. The van der Waals surface area contributed by atoms with Crippen LogP contribution in [0, 0.1) is 5.41 Å². The zero-order valence-electron chi connectivity index (χ0n) is 12.6. The van der Waals surface area contributed by atoms with Gasteiger partial charge in [-0.2, -0.15) is 0 Å². The molecule has 110 valence electrons. The molecule has 1 aliphatic carbocycles. The molecule has 2 N–H and O–H groups in total. The third kappa shape index (κ3) is 3.41. The maximum absolute atomic E-state index is 12.1. The van der Waals surface area contributed by atoms with Crippen molar-refractivity contribution in [2.24, 2.45) is 11.1 Å². The molecule has 1 spiro atoms. The quantitative estimate of drug-likeness (QED) is 0.735. The van der Waals surface area contributed by atoms with E-state index in [9.17, 15) is 4.79 Å². The van der Waals surface area contributed by atoms with Gasteiger partial charge in [-0.25, -0.2) is 4.79 Å². The van der Waals surface area contributed by atoms with Crippen LogP contribution in [0.3, 0.4) is 0 Å². The number of nitrogens with zero attached hydrogens (tertiary/aromatic N) is 1. The largest absolute Gasteiger partial charge is 0.444 e. The van der Waals surface area contributed by atoms with Crippen molar-refractivity contribution in [1.82, 2.24) is 4.90 Å². The molecule has 19 heavy (non-hydrogen) atoms. The van der Waals surface area contributed by atoms with Crippen molar-refractivity contribution in [3.05, 3.63) is 0 Å². The van der Waals surface area contributed by atoms with Gasteiger partial charge in [0.15, 0.2) is 0 Å². The zero-order valence-corrected chi connectivity index (χ0v) is 12.6. The van der Waals surface area contributed by atoms with Crippen molar-refractivity contribution in [1.29, 1.82) is 0 Å². The molecule has 2 aliphatic rings. The molecule has 0 aromatic heterocycles. The smallest absolute Gasteiger partial charge is 0.410 e. The van der Waals surface area contributed by atoms with E-state index in [1.54, 1.807) is 4.90 Å². The molecule has 1 saturated heterocycles. The van der Waals surface area contributed by atoms with Crippen LogP contribution in [-0.4, -0.2) is 35.7 Å². The topological polar surface area (TPSA) is 55.6 Å². The van der Waals surface area contributed by atoms with Gasteiger partial charge in [-0.15, -0.1) is 0 Å². The number of hydrogen-bond donors (Lipinski definition) is 1. The number of carbonyl (C=O) groups excluding carboxylic acids is 1. The van der Waals surface area contributed by atoms with Crippen LogP contribution in [0.4, 0.5) is 4.79 Å². The van der Waals surface area contributed by atoms with E-state index < -0.39 is 5.60 Å². The average Bonchev–Trinajstić information content (AvgIpc) is 2.32. The number of carbonyl (C=O) groups is 1. The fourth-order valence-electron chi connectivity index (χ4n) is 3.43. The van der Waals surface area contributed by atoms with E-state index in [4.69, 9.17) is 10.5 Å². The molecule has 0 unspecified atom stereocenters. The van der Waals surface area contributed by atoms with E-state index in [1.807, 2.05) is 20.8 Å². The number of hydrogen-bond acceptors (Lipinski definition) is 3. The van der Waals surface area contributed by atoms with Gasteiger partial charge in [0.2, 0.25) is 0 Å². The molecule has 0 aromatic rings. The van der Waals surface area contributed by atoms with E-state index in [1.165, 1.54) is 32.1 Å². The van der Waals surface area contributed by atoms with Crippen LogP contribution in [-0.2, 0) is 4.74 Å². The fraction of sp³-hybridized carbons (Fsp3) is 0.933. The van der Waals surface area contributed by atoms with Crippen molar-refractivity contribution in [2.45, 2.75) is 70.9 Å². The predicted molar refractivity (Wildman–Crippen MR) is 75.9 cm³/mol. The minimum Gasteiger partial charge on any atom is -0.444 e. The molecule has 0 aromatic carbocycles. The van der Waals surface area contributed by atoms with Crippen molar-refractivity contribution >= 4 is 6.09 Å². The lowest BCUT2D eigenvalue weighted by Crippen LogP contribution is -2.57. The lowest BCUT2D eigenvalue weighted by Gasteiger charge is -2.48. The van der Waals surface area contributed by atoms with Gasteiger partial charge in [-0.3, -0.25) is 0 Å². The van der Waals surface area contributed by atoms with Crippen LogP contribution >= 0.6 is 0 Å². The number of amides is 1. The molecule has 2 fully saturated rings. The van der Waals surface area contributed by atoms with Crippen molar-refractivity contribution in [3.63, 3.8) is 0 Å². The van der Waals surface area contributed by atoms with Crippen molar-refractivity contribution in [2.75, 3.05) is 13.1 Å². The summed E-state index contributed by atoms with van der Waals surface area (Å²) in [5.74, 6) is 0. The van der Waals surface area contributed by atoms with Crippen molar-refractivity contribution < 1.29 is 9.53 Å². The van der Waals surface area contributed by atoms with E-state index in [0.717, 1.165) is 13.0 Å². The highest BCUT2D eigenvalue weighted by atomic mass is 16.6. The molecule has 0 radical (unpaired) electrons. The summed E-state index contributed by atoms with van der Waals surface area (Å²) in [5, 5.41) is 0. The Balaban J connectivity index is 1.94. The van der Waals surface area contributed by atoms with Gasteiger partial charge < -0.3 is 15.4 Å². The lowest BCUT2D eigenvalue weighted by atomic mass is 9.65. The molecule has 1 heterocycles. The summed E-state index contributed by atoms with van der Waals surface area (Å²) in [6.45, 7) is 7.14. The second kappa shape index (κ2) is 5.31. The van der Waals surface area contributed by atoms with Gasteiger partial charge in [0.05, 0.1) is 0 Å². The summed E-state index contributed by atoms with van der Waals surface area (Å²) in [5.41, 5.74) is 6.25. The van der Waals surface area contributed by atoms with Gasteiger partial charge in [0.25, 0.3) is 0 Å². The number of nitrogens with two attached hydrogens (primary N) is 1. The second-order valence-electron chi connectivity index (χ2n) is 7.21. The molecule has 1 saturated carbocycles. The summed E-state index contributed by atoms with van der Waals surface area (Å²) in [4.78, 5) is 13.9. The molecular formula is C15H28N2O2. The minimum absolute atomic E-state index is 0.106. The monoisotopic (exact) mass is 268 g/mol. The SMILES string of the molecule is CC(C)(C)OC(=O)N1CCC2(CCCCC2)[C@H](N)C1. The van der Waals surface area contributed by atoms with E-state index in [0.29, 0.717) is 6.54 Å². The maximum Gasteiger partial charge on any atom is 0.410 e. The molecule has 1 atom stereocenters. The van der Waals surface area contributed by atoms with Crippen molar-refractivity contribution in [3.8, 4) is 0 Å². The van der Waals surface area contributed by atoms with E-state index in [2.05, 4.69) is 0 Å². The molecule has 4 heteroatoms. The molecule has 2 rings (SSSR count). The van der Waals surface area contributed by atoms with Gasteiger partial charge in [-0.1, -0.05) is 19.3 Å². The third-order valence-electron chi connectivity index (χ3n) is 4.58. The zero-order chi connectivity index (χ0) is 14.1. The molecule has 1 aliphatic heterocycles. The number of ether oxygens (including phenoxy) is 1. The first kappa shape index (κ1) is 14.6. The third-order valence-corrected chi connectivity index (χ3v) is 4.58. The van der Waals surface area contributed by atoms with Gasteiger partial charge in [-0.05, 0) is 45.4 Å². The summed E-state index contributed by atoms with van der Waals surface area (Å²) >= 11 is 0. The molecular weight excluding hydrogens is 240 g/mol. The van der Waals surface area contributed by atoms with Gasteiger partial charge in [0, 0.05) is 19.1 Å². The standard InChI is InChI=1S/C15H28N2O2/c1-14(2,3)19-13(18)17-10-9-15(12(16)11-17)7-5-4-6-8-15/h12H,4-11,16H2,1-3H3/t12-/m1/s1. The average molecular weight is 268 g/mol. The highest BCUT2D eigenvalue weighted by molar-refractivity contribution is 5.68. The first-order chi connectivity index (χ1) is 8.82. The Morgan fingerprint density at radius 2 is 1.84 bits per heavy atom. The predicted octanol–water partition coefficient (Wildman–Crippen LogP) is 2.91. The van der Waals surface area contributed by atoms with Crippen LogP contribution in [0.1, 0.15) is 59.3 Å². The Morgan fingerprint density at radius 1 is 1.21 bits per heavy atom. The first-order valence-electron chi connectivity index (χ1n) is 7.56. The Labute approximate surface area is 116 Å². The molecule has 1 amide bonds. The summed E-state index contributed by atoms with van der Waals surface area (Å²) in [7, 11) is 0. The first-order valence-corrected chi connectivity index (χ1v) is 7.56.